The molecule has 0 bridgehead atoms. The fourth-order valence-corrected chi connectivity index (χ4v) is 5.17. The van der Waals surface area contributed by atoms with E-state index < -0.39 is 18.3 Å². The van der Waals surface area contributed by atoms with Gasteiger partial charge in [0, 0.05) is 23.5 Å². The van der Waals surface area contributed by atoms with Crippen LogP contribution in [0.4, 0.5) is 4.39 Å². The predicted molar refractivity (Wildman–Crippen MR) is 144 cm³/mol. The molecule has 5 nitrogen and oxygen atoms in total. The lowest BCUT2D eigenvalue weighted by molar-refractivity contribution is -0.138. The molecule has 2 amide bonds. The van der Waals surface area contributed by atoms with Crippen LogP contribution in [0.3, 0.4) is 0 Å². The van der Waals surface area contributed by atoms with Crippen LogP contribution in [-0.4, -0.2) is 40.5 Å². The van der Waals surface area contributed by atoms with E-state index in [-0.39, 0.29) is 31.2 Å². The average Bonchev–Trinajstić information content (AvgIpc) is 3.51. The van der Waals surface area contributed by atoms with Gasteiger partial charge in [-0.2, -0.15) is 0 Å². The molecule has 3 atom stereocenters. The van der Waals surface area contributed by atoms with Gasteiger partial charge in [0.15, 0.2) is 0 Å². The first-order chi connectivity index (χ1) is 17.9. The van der Waals surface area contributed by atoms with E-state index in [1.54, 1.807) is 0 Å². The van der Waals surface area contributed by atoms with E-state index in [4.69, 9.17) is 0 Å². The number of amides is 2. The van der Waals surface area contributed by atoms with E-state index in [0.717, 1.165) is 27.6 Å². The van der Waals surface area contributed by atoms with Crippen molar-refractivity contribution in [1.29, 1.82) is 0 Å². The number of likely N-dealkylation sites (tertiary alicyclic amines) is 1. The number of fused-ring (bicyclic) bond motifs is 1. The van der Waals surface area contributed by atoms with Gasteiger partial charge in [0.05, 0.1) is 19.0 Å². The molecule has 6 heteroatoms. The second kappa shape index (κ2) is 10.6. The van der Waals surface area contributed by atoms with Gasteiger partial charge in [-0.1, -0.05) is 86.6 Å². The Morgan fingerprint density at radius 3 is 2.32 bits per heavy atom. The molecule has 2 heterocycles. The second-order valence-electron chi connectivity index (χ2n) is 10.1. The number of halogens is 1. The maximum atomic E-state index is 14.6. The summed E-state index contributed by atoms with van der Waals surface area (Å²) in [5.74, 6) is -0.188. The van der Waals surface area contributed by atoms with Gasteiger partial charge in [0.1, 0.15) is 12.2 Å². The number of aromatic nitrogens is 1. The Labute approximate surface area is 216 Å². The highest BCUT2D eigenvalue weighted by atomic mass is 19.1. The molecule has 1 aliphatic rings. The molecule has 3 unspecified atom stereocenters. The fourth-order valence-electron chi connectivity index (χ4n) is 5.17. The van der Waals surface area contributed by atoms with Crippen LogP contribution in [0.25, 0.3) is 10.9 Å². The summed E-state index contributed by atoms with van der Waals surface area (Å²) in [4.78, 5) is 31.5. The molecule has 3 aromatic carbocycles. The number of hydrogen-bond donors (Lipinski definition) is 2. The van der Waals surface area contributed by atoms with E-state index in [9.17, 15) is 14.0 Å². The summed E-state index contributed by atoms with van der Waals surface area (Å²) in [5.41, 5.74) is 4.87. The zero-order valence-corrected chi connectivity index (χ0v) is 21.2. The highest BCUT2D eigenvalue weighted by Gasteiger charge is 2.40. The summed E-state index contributed by atoms with van der Waals surface area (Å²) in [6.07, 6.45) is 0.689. The van der Waals surface area contributed by atoms with E-state index >= 15 is 0 Å². The van der Waals surface area contributed by atoms with Crippen LogP contribution in [-0.2, 0) is 16.0 Å². The Bertz CT molecular complexity index is 1380. The van der Waals surface area contributed by atoms with Gasteiger partial charge in [-0.25, -0.2) is 4.39 Å². The summed E-state index contributed by atoms with van der Waals surface area (Å²) in [5, 5.41) is 4.09. The van der Waals surface area contributed by atoms with Crippen molar-refractivity contribution >= 4 is 22.7 Å². The lowest BCUT2D eigenvalue weighted by atomic mass is 9.95. The molecule has 5 rings (SSSR count). The van der Waals surface area contributed by atoms with Crippen LogP contribution in [0.2, 0.25) is 0 Å². The zero-order chi connectivity index (χ0) is 25.9. The highest BCUT2D eigenvalue weighted by molar-refractivity contribution is 5.92. The molecule has 4 aromatic rings. The first-order valence-corrected chi connectivity index (χ1v) is 12.8. The molecule has 0 radical (unpaired) electrons. The summed E-state index contributed by atoms with van der Waals surface area (Å²) in [6, 6.07) is 24.4. The number of nitrogens with zero attached hydrogens (tertiary/aromatic N) is 1. The van der Waals surface area contributed by atoms with Crippen molar-refractivity contribution in [1.82, 2.24) is 15.2 Å². The molecule has 1 fully saturated rings. The number of carbonyl (C=O) groups is 2. The molecule has 0 aliphatic carbocycles. The van der Waals surface area contributed by atoms with Crippen LogP contribution in [0, 0.1) is 0 Å². The van der Waals surface area contributed by atoms with Crippen molar-refractivity contribution in [2.45, 2.75) is 50.9 Å². The summed E-state index contributed by atoms with van der Waals surface area (Å²) < 4.78 is 14.6. The van der Waals surface area contributed by atoms with Gasteiger partial charge in [-0.3, -0.25) is 9.59 Å². The monoisotopic (exact) mass is 497 g/mol. The van der Waals surface area contributed by atoms with E-state index in [0.29, 0.717) is 5.92 Å². The van der Waals surface area contributed by atoms with Crippen LogP contribution >= 0.6 is 0 Å². The Hall–Kier alpha value is -3.93. The quantitative estimate of drug-likeness (QED) is 0.345. The van der Waals surface area contributed by atoms with Crippen LogP contribution in [0.5, 0.6) is 0 Å². The first kappa shape index (κ1) is 24.8. The minimum atomic E-state index is -1.23. The first-order valence-electron chi connectivity index (χ1n) is 12.8. The lowest BCUT2D eigenvalue weighted by Gasteiger charge is -2.27. The van der Waals surface area contributed by atoms with E-state index in [1.807, 2.05) is 72.9 Å². The predicted octanol–water partition coefficient (Wildman–Crippen LogP) is 5.68. The lowest BCUT2D eigenvalue weighted by Crippen LogP contribution is -2.47. The Morgan fingerprint density at radius 2 is 1.59 bits per heavy atom. The highest BCUT2D eigenvalue weighted by Crippen LogP contribution is 2.28. The van der Waals surface area contributed by atoms with Gasteiger partial charge in [-0.15, -0.1) is 0 Å². The van der Waals surface area contributed by atoms with Crippen molar-refractivity contribution in [3.8, 4) is 0 Å². The topological polar surface area (TPSA) is 65.2 Å². The molecule has 0 saturated carbocycles. The number of alkyl halides is 1. The normalized spacial score (nSPS) is 18.3. The number of nitrogens with one attached hydrogen (secondary N) is 2. The standard InChI is InChI=1S/C31H32FN3O2/c1-20(2)21-12-14-23(15-13-21)30(22-8-4-3-5-9-22)34-31(37)28-17-25(32)19-35(28)29(36)16-24-18-33-27-11-7-6-10-26(24)27/h3-15,18,20,25,28,30,33H,16-17,19H2,1-2H3,(H,34,37). The Morgan fingerprint density at radius 1 is 0.946 bits per heavy atom. The van der Waals surface area contributed by atoms with Gasteiger partial charge in [0.25, 0.3) is 0 Å². The largest absolute Gasteiger partial charge is 0.361 e. The van der Waals surface area contributed by atoms with Gasteiger partial charge in [0.2, 0.25) is 11.8 Å². The maximum absolute atomic E-state index is 14.6. The second-order valence-corrected chi connectivity index (χ2v) is 10.1. The molecule has 37 heavy (non-hydrogen) atoms. The summed E-state index contributed by atoms with van der Waals surface area (Å²) in [6.45, 7) is 4.21. The van der Waals surface area contributed by atoms with Crippen molar-refractivity contribution in [2.75, 3.05) is 6.54 Å². The molecule has 1 aliphatic heterocycles. The number of carbonyl (C=O) groups excluding carboxylic acids is 2. The molecule has 1 aromatic heterocycles. The number of H-pyrrole nitrogens is 1. The fraction of sp³-hybridized carbons (Fsp3) is 0.290. The number of para-hydroxylation sites is 1. The zero-order valence-electron chi connectivity index (χ0n) is 21.2. The molecule has 1 saturated heterocycles. The van der Waals surface area contributed by atoms with Crippen molar-refractivity contribution in [2.24, 2.45) is 0 Å². The molecular weight excluding hydrogens is 465 g/mol. The van der Waals surface area contributed by atoms with E-state index in [2.05, 4.69) is 36.3 Å². The third kappa shape index (κ3) is 5.29. The van der Waals surface area contributed by atoms with E-state index in [1.165, 1.54) is 10.5 Å². The average molecular weight is 498 g/mol. The Kier molecular flexibility index (Phi) is 7.08. The third-order valence-corrected chi connectivity index (χ3v) is 7.25. The van der Waals surface area contributed by atoms with Gasteiger partial charge < -0.3 is 15.2 Å². The number of hydrogen-bond acceptors (Lipinski definition) is 2. The molecule has 190 valence electrons. The number of benzene rings is 3. The number of rotatable bonds is 7. The van der Waals surface area contributed by atoms with Crippen molar-refractivity contribution in [3.05, 3.63) is 107 Å². The smallest absolute Gasteiger partial charge is 0.243 e. The minimum absolute atomic E-state index is 0.000739. The van der Waals surface area contributed by atoms with Crippen LogP contribution in [0.15, 0.2) is 85.1 Å². The van der Waals surface area contributed by atoms with Crippen molar-refractivity contribution in [3.63, 3.8) is 0 Å². The summed E-state index contributed by atoms with van der Waals surface area (Å²) in [7, 11) is 0. The Balaban J connectivity index is 1.37. The molecule has 2 N–H and O–H groups in total. The SMILES string of the molecule is CC(C)c1ccc(C(NC(=O)C2CC(F)CN2C(=O)Cc2c[nH]c3ccccc23)c2ccccc2)cc1. The van der Waals surface area contributed by atoms with Crippen molar-refractivity contribution < 1.29 is 14.0 Å². The molecule has 0 spiro atoms. The molecular formula is C31H32FN3O2. The third-order valence-electron chi connectivity index (χ3n) is 7.25. The van der Waals surface area contributed by atoms with Crippen LogP contribution in [0.1, 0.15) is 54.5 Å². The number of aromatic amines is 1. The van der Waals surface area contributed by atoms with Gasteiger partial charge >= 0.3 is 0 Å². The maximum Gasteiger partial charge on any atom is 0.243 e. The van der Waals surface area contributed by atoms with Crippen LogP contribution < -0.4 is 5.32 Å². The minimum Gasteiger partial charge on any atom is -0.361 e. The summed E-state index contributed by atoms with van der Waals surface area (Å²) >= 11 is 0. The van der Waals surface area contributed by atoms with Gasteiger partial charge in [-0.05, 0) is 34.2 Å².